The fraction of sp³-hybridized carbons (Fsp3) is 0.235. The van der Waals surface area contributed by atoms with Gasteiger partial charge in [-0.3, -0.25) is 14.9 Å². The number of ether oxygens (including phenoxy) is 1. The van der Waals surface area contributed by atoms with E-state index >= 15 is 0 Å². The standard InChI is InChI=1S/C17H17FN2O4/c1-10-5-4-6-13(16(10)20(22)23)17(21)19-11(2)12-7-8-15(24-3)14(18)9-12/h4-9,11H,1-3H3,(H,19,21). The zero-order chi connectivity index (χ0) is 17.9. The summed E-state index contributed by atoms with van der Waals surface area (Å²) in [4.78, 5) is 23.0. The van der Waals surface area contributed by atoms with Crippen LogP contribution in [-0.4, -0.2) is 17.9 Å². The lowest BCUT2D eigenvalue weighted by Crippen LogP contribution is -2.27. The normalized spacial score (nSPS) is 11.7. The molecule has 0 aliphatic carbocycles. The molecule has 2 aromatic rings. The Balaban J connectivity index is 2.25. The van der Waals surface area contributed by atoms with Crippen molar-refractivity contribution < 1.29 is 18.8 Å². The quantitative estimate of drug-likeness (QED) is 0.671. The molecule has 0 saturated heterocycles. The molecule has 0 saturated carbocycles. The lowest BCUT2D eigenvalue weighted by Gasteiger charge is -2.15. The molecule has 24 heavy (non-hydrogen) atoms. The molecule has 1 unspecified atom stereocenters. The minimum absolute atomic E-state index is 0.0270. The average Bonchev–Trinajstić information content (AvgIpc) is 2.53. The van der Waals surface area contributed by atoms with E-state index in [1.807, 2.05) is 0 Å². The van der Waals surface area contributed by atoms with Gasteiger partial charge in [-0.15, -0.1) is 0 Å². The molecular formula is C17H17FN2O4. The minimum atomic E-state index is -0.589. The summed E-state index contributed by atoms with van der Waals surface area (Å²) in [5.74, 6) is -1.03. The molecule has 1 N–H and O–H groups in total. The Kier molecular flexibility index (Phi) is 5.13. The van der Waals surface area contributed by atoms with E-state index in [4.69, 9.17) is 4.74 Å². The van der Waals surface area contributed by atoms with Gasteiger partial charge in [0.1, 0.15) is 5.56 Å². The van der Waals surface area contributed by atoms with Gasteiger partial charge in [-0.2, -0.15) is 0 Å². The number of para-hydroxylation sites is 1. The summed E-state index contributed by atoms with van der Waals surface area (Å²) >= 11 is 0. The van der Waals surface area contributed by atoms with Gasteiger partial charge >= 0.3 is 0 Å². The molecule has 1 atom stereocenters. The maximum absolute atomic E-state index is 13.8. The van der Waals surface area contributed by atoms with Crippen molar-refractivity contribution in [2.45, 2.75) is 19.9 Å². The van der Waals surface area contributed by atoms with Crippen molar-refractivity contribution in [1.82, 2.24) is 5.32 Å². The van der Waals surface area contributed by atoms with Gasteiger partial charge in [0.25, 0.3) is 11.6 Å². The number of methoxy groups -OCH3 is 1. The van der Waals surface area contributed by atoms with Gasteiger partial charge in [0.05, 0.1) is 18.1 Å². The van der Waals surface area contributed by atoms with Crippen LogP contribution >= 0.6 is 0 Å². The third-order valence-electron chi connectivity index (χ3n) is 3.69. The molecule has 0 aliphatic rings. The van der Waals surface area contributed by atoms with Crippen molar-refractivity contribution in [3.8, 4) is 5.75 Å². The molecule has 1 amide bonds. The fourth-order valence-electron chi connectivity index (χ4n) is 2.39. The number of nitro groups is 1. The van der Waals surface area contributed by atoms with Gasteiger partial charge in [0, 0.05) is 5.56 Å². The molecule has 0 radical (unpaired) electrons. The molecular weight excluding hydrogens is 315 g/mol. The first kappa shape index (κ1) is 17.4. The molecule has 2 aromatic carbocycles. The number of rotatable bonds is 5. The number of hydrogen-bond donors (Lipinski definition) is 1. The monoisotopic (exact) mass is 332 g/mol. The third kappa shape index (κ3) is 3.51. The highest BCUT2D eigenvalue weighted by atomic mass is 19.1. The predicted molar refractivity (Wildman–Crippen MR) is 86.7 cm³/mol. The second-order valence-corrected chi connectivity index (χ2v) is 5.32. The van der Waals surface area contributed by atoms with Crippen LogP contribution in [0, 0.1) is 22.9 Å². The van der Waals surface area contributed by atoms with Crippen molar-refractivity contribution >= 4 is 11.6 Å². The smallest absolute Gasteiger partial charge is 0.285 e. The van der Waals surface area contributed by atoms with Crippen LogP contribution in [0.2, 0.25) is 0 Å². The van der Waals surface area contributed by atoms with Crippen LogP contribution in [-0.2, 0) is 0 Å². The SMILES string of the molecule is COc1ccc(C(C)NC(=O)c2cccc(C)c2[N+](=O)[O-])cc1F. The fourth-order valence-corrected chi connectivity index (χ4v) is 2.39. The van der Waals surface area contributed by atoms with Crippen molar-refractivity contribution in [2.24, 2.45) is 0 Å². The molecule has 0 spiro atoms. The van der Waals surface area contributed by atoms with E-state index in [0.717, 1.165) is 0 Å². The highest BCUT2D eigenvalue weighted by Crippen LogP contribution is 2.25. The number of halogens is 1. The molecule has 6 nitrogen and oxygen atoms in total. The second kappa shape index (κ2) is 7.08. The minimum Gasteiger partial charge on any atom is -0.494 e. The van der Waals surface area contributed by atoms with Crippen molar-refractivity contribution in [2.75, 3.05) is 7.11 Å². The number of aryl methyl sites for hydroxylation is 1. The van der Waals surface area contributed by atoms with Gasteiger partial charge < -0.3 is 10.1 Å². The van der Waals surface area contributed by atoms with Gasteiger partial charge in [-0.25, -0.2) is 4.39 Å². The number of nitro benzene ring substituents is 1. The number of amides is 1. The summed E-state index contributed by atoms with van der Waals surface area (Å²) in [5, 5.41) is 13.8. The van der Waals surface area contributed by atoms with E-state index in [1.54, 1.807) is 32.0 Å². The van der Waals surface area contributed by atoms with Crippen LogP contribution in [0.5, 0.6) is 5.75 Å². The number of nitrogens with zero attached hydrogens (tertiary/aromatic N) is 1. The Morgan fingerprint density at radius 3 is 2.62 bits per heavy atom. The molecule has 2 rings (SSSR count). The Morgan fingerprint density at radius 2 is 2.04 bits per heavy atom. The number of benzene rings is 2. The summed E-state index contributed by atoms with van der Waals surface area (Å²) in [7, 11) is 1.36. The number of carbonyl (C=O) groups is 1. The molecule has 0 aliphatic heterocycles. The highest BCUT2D eigenvalue weighted by molar-refractivity contribution is 5.98. The Morgan fingerprint density at radius 1 is 1.33 bits per heavy atom. The zero-order valence-electron chi connectivity index (χ0n) is 13.5. The average molecular weight is 332 g/mol. The van der Waals surface area contributed by atoms with Crippen LogP contribution in [0.1, 0.15) is 34.5 Å². The van der Waals surface area contributed by atoms with Crippen LogP contribution in [0.3, 0.4) is 0 Å². The molecule has 0 aromatic heterocycles. The van der Waals surface area contributed by atoms with E-state index in [2.05, 4.69) is 5.32 Å². The van der Waals surface area contributed by atoms with Crippen molar-refractivity contribution in [1.29, 1.82) is 0 Å². The number of nitrogens with one attached hydrogen (secondary N) is 1. The van der Waals surface area contributed by atoms with Gasteiger partial charge in [-0.05, 0) is 37.6 Å². The number of hydrogen-bond acceptors (Lipinski definition) is 4. The third-order valence-corrected chi connectivity index (χ3v) is 3.69. The van der Waals surface area contributed by atoms with Crippen LogP contribution < -0.4 is 10.1 Å². The van der Waals surface area contributed by atoms with Crippen LogP contribution in [0.15, 0.2) is 36.4 Å². The van der Waals surface area contributed by atoms with Gasteiger partial charge in [-0.1, -0.05) is 18.2 Å². The van der Waals surface area contributed by atoms with E-state index in [0.29, 0.717) is 11.1 Å². The maximum atomic E-state index is 13.8. The lowest BCUT2D eigenvalue weighted by molar-refractivity contribution is -0.385. The lowest BCUT2D eigenvalue weighted by atomic mass is 10.1. The van der Waals surface area contributed by atoms with Crippen LogP contribution in [0.25, 0.3) is 0 Å². The summed E-state index contributed by atoms with van der Waals surface area (Å²) in [6.45, 7) is 3.23. The highest BCUT2D eigenvalue weighted by Gasteiger charge is 2.23. The summed E-state index contributed by atoms with van der Waals surface area (Å²) in [6, 6.07) is 8.35. The molecule has 0 fully saturated rings. The van der Waals surface area contributed by atoms with E-state index in [9.17, 15) is 19.3 Å². The zero-order valence-corrected chi connectivity index (χ0v) is 13.5. The van der Waals surface area contributed by atoms with Gasteiger partial charge in [0.15, 0.2) is 11.6 Å². The van der Waals surface area contributed by atoms with Gasteiger partial charge in [0.2, 0.25) is 0 Å². The second-order valence-electron chi connectivity index (χ2n) is 5.32. The number of carbonyl (C=O) groups excluding carboxylic acids is 1. The Bertz CT molecular complexity index is 792. The molecule has 0 bridgehead atoms. The largest absolute Gasteiger partial charge is 0.494 e. The maximum Gasteiger partial charge on any atom is 0.285 e. The molecule has 0 heterocycles. The van der Waals surface area contributed by atoms with E-state index in [-0.39, 0.29) is 17.0 Å². The first-order valence-electron chi connectivity index (χ1n) is 7.23. The van der Waals surface area contributed by atoms with E-state index < -0.39 is 22.7 Å². The van der Waals surface area contributed by atoms with Crippen molar-refractivity contribution in [3.05, 3.63) is 69.0 Å². The Hall–Kier alpha value is -2.96. The Labute approximate surface area is 138 Å². The summed E-state index contributed by atoms with van der Waals surface area (Å²) < 4.78 is 18.6. The molecule has 7 heteroatoms. The first-order valence-corrected chi connectivity index (χ1v) is 7.23. The molecule has 126 valence electrons. The first-order chi connectivity index (χ1) is 11.3. The topological polar surface area (TPSA) is 81.5 Å². The summed E-state index contributed by atoms with van der Waals surface area (Å²) in [6.07, 6.45) is 0. The van der Waals surface area contributed by atoms with Crippen molar-refractivity contribution in [3.63, 3.8) is 0 Å². The predicted octanol–water partition coefficient (Wildman–Crippen LogP) is 3.54. The van der Waals surface area contributed by atoms with Crippen LogP contribution in [0.4, 0.5) is 10.1 Å². The summed E-state index contributed by atoms with van der Waals surface area (Å²) in [5.41, 5.74) is 0.664. The van der Waals surface area contributed by atoms with E-state index in [1.165, 1.54) is 25.3 Å².